The number of allylic oxidation sites excluding steroid dienone is 1. The van der Waals surface area contributed by atoms with Gasteiger partial charge >= 0.3 is 22.0 Å². The van der Waals surface area contributed by atoms with Gasteiger partial charge in [-0.1, -0.05) is 31.1 Å². The summed E-state index contributed by atoms with van der Waals surface area (Å²) in [7, 11) is -2.72. The van der Waals surface area contributed by atoms with Crippen molar-refractivity contribution in [3.8, 4) is 5.75 Å². The van der Waals surface area contributed by atoms with Crippen LogP contribution in [0.2, 0.25) is 0 Å². The Hall–Kier alpha value is -3.45. The van der Waals surface area contributed by atoms with Crippen LogP contribution in [0.3, 0.4) is 0 Å². The monoisotopic (exact) mass is 619 g/mol. The van der Waals surface area contributed by atoms with Crippen LogP contribution in [0.25, 0.3) is 0 Å². The maximum atomic E-state index is 13.7. The van der Waals surface area contributed by atoms with Gasteiger partial charge in [0.15, 0.2) is 5.54 Å². The maximum absolute atomic E-state index is 13.7. The van der Waals surface area contributed by atoms with Gasteiger partial charge in [0, 0.05) is 18.5 Å². The van der Waals surface area contributed by atoms with Crippen LogP contribution in [0.15, 0.2) is 41.3 Å². The molecule has 4 N–H and O–H groups in total. The van der Waals surface area contributed by atoms with E-state index in [9.17, 15) is 27.6 Å². The summed E-state index contributed by atoms with van der Waals surface area (Å²) in [5, 5.41) is 5.55. The van der Waals surface area contributed by atoms with E-state index in [4.69, 9.17) is 9.47 Å². The molecule has 3 aliphatic rings. The summed E-state index contributed by atoms with van der Waals surface area (Å²) < 4.78 is 37.5. The number of hydrogen-bond acceptors (Lipinski definition) is 8. The summed E-state index contributed by atoms with van der Waals surface area (Å²) in [6.45, 7) is 5.53. The Kier molecular flexibility index (Phi) is 9.85. The van der Waals surface area contributed by atoms with Crippen molar-refractivity contribution in [2.75, 3.05) is 13.7 Å². The Morgan fingerprint density at radius 1 is 1.12 bits per heavy atom. The number of alkyl carbamates (subject to hydrolysis) is 1. The average Bonchev–Trinajstić information content (AvgIpc) is 3.39. The van der Waals surface area contributed by atoms with E-state index in [1.807, 2.05) is 12.2 Å². The predicted octanol–water partition coefficient (Wildman–Crippen LogP) is 1.75. The summed E-state index contributed by atoms with van der Waals surface area (Å²) in [4.78, 5) is 55.0. The van der Waals surface area contributed by atoms with Gasteiger partial charge in [0.05, 0.1) is 7.11 Å². The first-order valence-electron chi connectivity index (χ1n) is 14.8. The quantitative estimate of drug-likeness (QED) is 0.420. The summed E-state index contributed by atoms with van der Waals surface area (Å²) >= 11 is 0. The van der Waals surface area contributed by atoms with Crippen molar-refractivity contribution < 1.29 is 41.8 Å². The fraction of sp³-hybridized carbons (Fsp3) is 0.600. The second-order valence-corrected chi connectivity index (χ2v) is 14.2. The number of nitrogens with two attached hydrogens (primary N) is 1. The third kappa shape index (κ3) is 7.94. The number of carbonyl (C=O) groups excluding carboxylic acids is 4. The second-order valence-electron chi connectivity index (χ2n) is 12.4. The first kappa shape index (κ1) is 32.5. The van der Waals surface area contributed by atoms with Gasteiger partial charge in [0.25, 0.3) is 0 Å². The van der Waals surface area contributed by atoms with E-state index in [-0.39, 0.29) is 23.1 Å². The number of methoxy groups -OCH3 is 1. The molecule has 4 unspecified atom stereocenters. The highest BCUT2D eigenvalue weighted by Crippen LogP contribution is 2.45. The molecule has 1 saturated carbocycles. The van der Waals surface area contributed by atoms with E-state index < -0.39 is 51.2 Å². The maximum Gasteiger partial charge on any atom is 0.408 e. The van der Waals surface area contributed by atoms with E-state index >= 15 is 0 Å². The fourth-order valence-electron chi connectivity index (χ4n) is 5.66. The van der Waals surface area contributed by atoms with Crippen LogP contribution < -0.4 is 20.1 Å². The smallest absolute Gasteiger partial charge is 0.408 e. The molecule has 1 saturated heterocycles. The molecular weight excluding hydrogens is 576 g/mol. The lowest BCUT2D eigenvalue weighted by molar-refractivity contribution is -0.416. The predicted molar refractivity (Wildman–Crippen MR) is 156 cm³/mol. The van der Waals surface area contributed by atoms with Crippen LogP contribution in [-0.2, 0) is 29.1 Å². The standard InChI is InChI=1S/C30H42N4O8S/c1-29(2,3)42-28(38)31-23-15-9-7-5-6-8-12-20-19-30(20,32-25(35)24-16-11-17-34(24)26(23)36)27(37)33-43(39,40)22-14-10-13-21(18-22)41-4/h8,10,12-14,18,20,23-24H,5-7,9,11,15-17,19H2,1-4H3,(H,31,38)(H,32,35)(H,33,37)/p+1. The molecule has 1 aliphatic carbocycles. The summed E-state index contributed by atoms with van der Waals surface area (Å²) in [5.74, 6) is -1.66. The number of fused-ring (bicyclic) bond motifs is 2. The fourth-order valence-corrected chi connectivity index (χ4v) is 6.84. The Labute approximate surface area is 253 Å². The molecule has 2 heterocycles. The lowest BCUT2D eigenvalue weighted by Gasteiger charge is -2.30. The van der Waals surface area contributed by atoms with E-state index in [2.05, 4.69) is 10.6 Å². The van der Waals surface area contributed by atoms with Gasteiger partial charge in [0.1, 0.15) is 28.3 Å². The number of primary amides is 1. The van der Waals surface area contributed by atoms with E-state index in [1.165, 1.54) is 30.2 Å². The molecule has 1 aromatic carbocycles. The van der Waals surface area contributed by atoms with Gasteiger partial charge in [-0.2, -0.15) is 13.1 Å². The molecule has 13 heteroatoms. The molecule has 2 aliphatic heterocycles. The Balaban J connectivity index is 1.56. The number of nitrogens with one attached hydrogen (secondary N) is 2. The number of primary sulfonamides is 1. The van der Waals surface area contributed by atoms with E-state index in [0.29, 0.717) is 49.1 Å². The zero-order valence-electron chi connectivity index (χ0n) is 25.3. The van der Waals surface area contributed by atoms with Crippen LogP contribution in [0.1, 0.15) is 72.1 Å². The van der Waals surface area contributed by atoms with Gasteiger partial charge in [-0.25, -0.2) is 9.59 Å². The molecule has 0 aromatic heterocycles. The zero-order chi connectivity index (χ0) is 31.4. The summed E-state index contributed by atoms with van der Waals surface area (Å²) in [5.41, 5.74) is -2.17. The van der Waals surface area contributed by atoms with Gasteiger partial charge in [-0.15, -0.1) is 0 Å². The highest BCUT2D eigenvalue weighted by atomic mass is 32.2. The lowest BCUT2D eigenvalue weighted by atomic mass is 10.0. The molecule has 236 valence electrons. The van der Waals surface area contributed by atoms with Crippen molar-refractivity contribution in [1.29, 1.82) is 0 Å². The van der Waals surface area contributed by atoms with Crippen LogP contribution in [0, 0.1) is 5.92 Å². The Bertz CT molecular complexity index is 1370. The number of amides is 4. The molecule has 12 nitrogen and oxygen atoms in total. The van der Waals surface area contributed by atoms with Crippen molar-refractivity contribution >= 4 is 33.8 Å². The number of nitrogens with zero attached hydrogens (tertiary/aromatic N) is 1. The number of sulfonamides is 1. The number of hydrogen-bond donors (Lipinski definition) is 3. The van der Waals surface area contributed by atoms with Crippen molar-refractivity contribution in [3.63, 3.8) is 0 Å². The van der Waals surface area contributed by atoms with E-state index in [1.54, 1.807) is 26.8 Å². The molecule has 1 aromatic rings. The molecule has 4 amide bonds. The molecule has 0 spiro atoms. The number of benzene rings is 1. The summed E-state index contributed by atoms with van der Waals surface area (Å²) in [6, 6.07) is 4.11. The molecular formula is C30H43N4O8S+. The molecule has 43 heavy (non-hydrogen) atoms. The van der Waals surface area contributed by atoms with Gasteiger partial charge in [-0.05, 0) is 71.4 Å². The lowest BCUT2D eigenvalue weighted by Crippen LogP contribution is -2.94. The van der Waals surface area contributed by atoms with Crippen LogP contribution in [0.4, 0.5) is 4.79 Å². The molecule has 2 fully saturated rings. The topological polar surface area (TPSA) is 165 Å². The van der Waals surface area contributed by atoms with Gasteiger partial charge in [0.2, 0.25) is 11.8 Å². The first-order chi connectivity index (χ1) is 20.3. The van der Waals surface area contributed by atoms with Crippen molar-refractivity contribution in [1.82, 2.24) is 15.5 Å². The molecule has 4 rings (SSSR count). The Morgan fingerprint density at radius 2 is 1.88 bits per heavy atom. The normalized spacial score (nSPS) is 26.7. The SMILES string of the molecule is COc1cccc(S(=O)(=O)[NH2+]C(=O)C23CC2C=CCCCCCC(NC(=O)OC(C)(C)C)C(=O)N2CCCC2C(=O)N3)c1. The van der Waals surface area contributed by atoms with Crippen molar-refractivity contribution in [2.24, 2.45) is 5.92 Å². The zero-order valence-corrected chi connectivity index (χ0v) is 26.1. The third-order valence-electron chi connectivity index (χ3n) is 7.99. The van der Waals surface area contributed by atoms with Crippen molar-refractivity contribution in [3.05, 3.63) is 36.4 Å². The van der Waals surface area contributed by atoms with Crippen LogP contribution >= 0.6 is 0 Å². The number of rotatable bonds is 5. The Morgan fingerprint density at radius 3 is 2.60 bits per heavy atom. The second kappa shape index (κ2) is 13.0. The number of quaternary nitrogens is 1. The minimum atomic E-state index is -4.14. The average molecular weight is 620 g/mol. The number of ether oxygens (including phenoxy) is 2. The van der Waals surface area contributed by atoms with Gasteiger partial charge in [-0.3, -0.25) is 9.59 Å². The highest BCUT2D eigenvalue weighted by molar-refractivity contribution is 7.85. The molecule has 0 bridgehead atoms. The van der Waals surface area contributed by atoms with Crippen molar-refractivity contribution in [2.45, 2.75) is 100 Å². The first-order valence-corrected chi connectivity index (χ1v) is 16.4. The highest BCUT2D eigenvalue weighted by Gasteiger charge is 2.64. The van der Waals surface area contributed by atoms with Crippen LogP contribution in [0.5, 0.6) is 5.75 Å². The molecule has 0 radical (unpaired) electrons. The molecule has 4 atom stereocenters. The largest absolute Gasteiger partial charge is 0.497 e. The minimum absolute atomic E-state index is 0.0936. The minimum Gasteiger partial charge on any atom is -0.497 e. The number of carbonyl (C=O) groups is 4. The summed E-state index contributed by atoms with van der Waals surface area (Å²) in [6.07, 6.45) is 7.76. The van der Waals surface area contributed by atoms with Crippen LogP contribution in [-0.4, -0.2) is 74.0 Å². The third-order valence-corrected chi connectivity index (χ3v) is 9.43. The van der Waals surface area contributed by atoms with Gasteiger partial charge < -0.3 is 25.0 Å². The van der Waals surface area contributed by atoms with E-state index in [0.717, 1.165) is 12.8 Å².